The predicted octanol–water partition coefficient (Wildman–Crippen LogP) is 1.52. The van der Waals surface area contributed by atoms with Gasteiger partial charge in [-0.2, -0.15) is 0 Å². The topological polar surface area (TPSA) is 75.0 Å². The molecule has 0 aliphatic heterocycles. The van der Waals surface area contributed by atoms with Gasteiger partial charge in [0.15, 0.2) is 0 Å². The van der Waals surface area contributed by atoms with Gasteiger partial charge in [0.05, 0.1) is 6.33 Å². The Morgan fingerprint density at radius 1 is 1.37 bits per heavy atom. The second-order valence-corrected chi connectivity index (χ2v) is 4.87. The van der Waals surface area contributed by atoms with Crippen molar-refractivity contribution in [3.8, 4) is 0 Å². The van der Waals surface area contributed by atoms with E-state index in [1.807, 2.05) is 24.3 Å². The lowest BCUT2D eigenvalue weighted by molar-refractivity contribution is 0.774. The summed E-state index contributed by atoms with van der Waals surface area (Å²) in [7, 11) is 0. The van der Waals surface area contributed by atoms with Gasteiger partial charge in [-0.05, 0) is 30.5 Å². The van der Waals surface area contributed by atoms with Crippen LogP contribution in [0.1, 0.15) is 18.4 Å². The lowest BCUT2D eigenvalue weighted by Crippen LogP contribution is -2.27. The summed E-state index contributed by atoms with van der Waals surface area (Å²) in [6.45, 7) is 0.728. The lowest BCUT2D eigenvalue weighted by atomic mass is 10.2. The second kappa shape index (κ2) is 4.76. The van der Waals surface area contributed by atoms with Crippen molar-refractivity contribution in [2.45, 2.75) is 25.4 Å². The highest BCUT2D eigenvalue weighted by molar-refractivity contribution is 5.45. The zero-order valence-corrected chi connectivity index (χ0v) is 10.5. The average molecular weight is 256 g/mol. The van der Waals surface area contributed by atoms with Crippen molar-refractivity contribution in [1.82, 2.24) is 9.97 Å². The molecule has 1 aliphatic rings. The van der Waals surface area contributed by atoms with Crippen LogP contribution in [0.15, 0.2) is 41.5 Å². The van der Waals surface area contributed by atoms with Gasteiger partial charge in [0.2, 0.25) is 0 Å². The molecule has 2 aromatic rings. The number of benzene rings is 1. The third-order valence-electron chi connectivity index (χ3n) is 3.25. The number of anilines is 2. The molecule has 0 amide bonds. The van der Waals surface area contributed by atoms with Crippen molar-refractivity contribution in [2.75, 3.05) is 10.6 Å². The summed E-state index contributed by atoms with van der Waals surface area (Å²) in [4.78, 5) is 20.4. The standard InChI is InChI=1S/C14H16N4O/c15-11-3-1-2-10(6-11)8-18(12-4-5-12)13-7-14(19)17-9-16-13/h1-3,6-7,9,12H,4-5,8,15H2,(H,16,17,19). The molecule has 1 aromatic carbocycles. The van der Waals surface area contributed by atoms with Crippen LogP contribution in [0.4, 0.5) is 11.5 Å². The normalized spacial score (nSPS) is 14.3. The molecule has 0 atom stereocenters. The zero-order valence-electron chi connectivity index (χ0n) is 10.5. The van der Waals surface area contributed by atoms with Crippen molar-refractivity contribution >= 4 is 11.5 Å². The van der Waals surface area contributed by atoms with Gasteiger partial charge >= 0.3 is 0 Å². The summed E-state index contributed by atoms with van der Waals surface area (Å²) in [6, 6.07) is 9.85. The van der Waals surface area contributed by atoms with Gasteiger partial charge < -0.3 is 15.6 Å². The summed E-state index contributed by atoms with van der Waals surface area (Å²) < 4.78 is 0. The number of nitrogens with one attached hydrogen (secondary N) is 1. The maximum absolute atomic E-state index is 11.4. The van der Waals surface area contributed by atoms with Gasteiger partial charge in [0, 0.05) is 24.3 Å². The lowest BCUT2D eigenvalue weighted by Gasteiger charge is -2.23. The van der Waals surface area contributed by atoms with E-state index in [0.717, 1.165) is 36.5 Å². The van der Waals surface area contributed by atoms with Crippen LogP contribution in [0, 0.1) is 0 Å². The van der Waals surface area contributed by atoms with Gasteiger partial charge in [-0.25, -0.2) is 4.98 Å². The molecular weight excluding hydrogens is 240 g/mol. The Morgan fingerprint density at radius 3 is 2.89 bits per heavy atom. The van der Waals surface area contributed by atoms with E-state index in [0.29, 0.717) is 6.04 Å². The van der Waals surface area contributed by atoms with Gasteiger partial charge in [-0.1, -0.05) is 12.1 Å². The summed E-state index contributed by atoms with van der Waals surface area (Å²) in [5.74, 6) is 0.730. The third-order valence-corrected chi connectivity index (χ3v) is 3.25. The number of hydrogen-bond donors (Lipinski definition) is 2. The third kappa shape index (κ3) is 2.76. The Kier molecular flexibility index (Phi) is 2.95. The quantitative estimate of drug-likeness (QED) is 0.813. The summed E-state index contributed by atoms with van der Waals surface area (Å²) >= 11 is 0. The van der Waals surface area contributed by atoms with Crippen molar-refractivity contribution in [1.29, 1.82) is 0 Å². The second-order valence-electron chi connectivity index (χ2n) is 4.87. The van der Waals surface area contributed by atoms with Gasteiger partial charge in [0.1, 0.15) is 5.82 Å². The van der Waals surface area contributed by atoms with Crippen molar-refractivity contribution in [2.24, 2.45) is 0 Å². The van der Waals surface area contributed by atoms with Crippen LogP contribution in [0.2, 0.25) is 0 Å². The van der Waals surface area contributed by atoms with E-state index in [-0.39, 0.29) is 5.56 Å². The summed E-state index contributed by atoms with van der Waals surface area (Å²) in [6.07, 6.45) is 3.75. The molecule has 0 spiro atoms. The Bertz CT molecular complexity index is 633. The van der Waals surface area contributed by atoms with Crippen LogP contribution in [0.5, 0.6) is 0 Å². The smallest absolute Gasteiger partial charge is 0.252 e. The molecule has 19 heavy (non-hydrogen) atoms. The van der Waals surface area contributed by atoms with Crippen LogP contribution in [0.25, 0.3) is 0 Å². The van der Waals surface area contributed by atoms with Crippen molar-refractivity contribution < 1.29 is 0 Å². The number of H-pyrrole nitrogens is 1. The van der Waals surface area contributed by atoms with Gasteiger partial charge in [0.25, 0.3) is 5.56 Å². The Morgan fingerprint density at radius 2 is 2.21 bits per heavy atom. The molecule has 1 aliphatic carbocycles. The number of nitrogens with zero attached hydrogens (tertiary/aromatic N) is 2. The molecule has 3 rings (SSSR count). The van der Waals surface area contributed by atoms with E-state index >= 15 is 0 Å². The number of nitrogen functional groups attached to an aromatic ring is 1. The highest BCUT2D eigenvalue weighted by Crippen LogP contribution is 2.31. The van der Waals surface area contributed by atoms with Crippen LogP contribution in [0.3, 0.4) is 0 Å². The number of rotatable bonds is 4. The minimum atomic E-state index is -0.122. The number of aromatic nitrogens is 2. The van der Waals surface area contributed by atoms with Crippen LogP contribution < -0.4 is 16.2 Å². The van der Waals surface area contributed by atoms with Gasteiger partial charge in [-0.3, -0.25) is 4.79 Å². The van der Waals surface area contributed by atoms with Crippen LogP contribution >= 0.6 is 0 Å². The van der Waals surface area contributed by atoms with E-state index in [4.69, 9.17) is 5.73 Å². The van der Waals surface area contributed by atoms with E-state index in [1.165, 1.54) is 6.33 Å². The maximum atomic E-state index is 11.4. The maximum Gasteiger partial charge on any atom is 0.252 e. The van der Waals surface area contributed by atoms with E-state index in [1.54, 1.807) is 6.07 Å². The molecular formula is C14H16N4O. The largest absolute Gasteiger partial charge is 0.399 e. The molecule has 0 unspecified atom stereocenters. The van der Waals surface area contributed by atoms with E-state index < -0.39 is 0 Å². The number of aromatic amines is 1. The Balaban J connectivity index is 1.88. The van der Waals surface area contributed by atoms with Crippen molar-refractivity contribution in [3.63, 3.8) is 0 Å². The molecule has 1 aromatic heterocycles. The van der Waals surface area contributed by atoms with Crippen molar-refractivity contribution in [3.05, 3.63) is 52.6 Å². The molecule has 0 bridgehead atoms. The van der Waals surface area contributed by atoms with Gasteiger partial charge in [-0.15, -0.1) is 0 Å². The monoisotopic (exact) mass is 256 g/mol. The Hall–Kier alpha value is -2.30. The predicted molar refractivity (Wildman–Crippen MR) is 74.9 cm³/mol. The first-order valence-corrected chi connectivity index (χ1v) is 6.38. The molecule has 5 heteroatoms. The summed E-state index contributed by atoms with van der Waals surface area (Å²) in [5, 5.41) is 0. The molecule has 5 nitrogen and oxygen atoms in total. The molecule has 3 N–H and O–H groups in total. The fraction of sp³-hybridized carbons (Fsp3) is 0.286. The van der Waals surface area contributed by atoms with Crippen LogP contribution in [-0.4, -0.2) is 16.0 Å². The number of hydrogen-bond acceptors (Lipinski definition) is 4. The highest BCUT2D eigenvalue weighted by atomic mass is 16.1. The first-order chi connectivity index (χ1) is 9.22. The summed E-state index contributed by atoms with van der Waals surface area (Å²) in [5.41, 5.74) is 7.57. The molecule has 0 saturated heterocycles. The van der Waals surface area contributed by atoms with Crippen LogP contribution in [-0.2, 0) is 6.54 Å². The van der Waals surface area contributed by atoms with E-state index in [9.17, 15) is 4.79 Å². The fourth-order valence-corrected chi connectivity index (χ4v) is 2.19. The fourth-order valence-electron chi connectivity index (χ4n) is 2.19. The highest BCUT2D eigenvalue weighted by Gasteiger charge is 2.30. The minimum Gasteiger partial charge on any atom is -0.399 e. The molecule has 98 valence electrons. The zero-order chi connectivity index (χ0) is 13.2. The minimum absolute atomic E-state index is 0.122. The Labute approximate surface area is 111 Å². The first-order valence-electron chi connectivity index (χ1n) is 6.38. The molecule has 1 heterocycles. The average Bonchev–Trinajstić information content (AvgIpc) is 3.20. The van der Waals surface area contributed by atoms with E-state index in [2.05, 4.69) is 14.9 Å². The number of nitrogens with two attached hydrogens (primary N) is 1. The SMILES string of the molecule is Nc1cccc(CN(c2cc(=O)[nH]cn2)C2CC2)c1. The first kappa shape index (κ1) is 11.8. The molecule has 0 radical (unpaired) electrons. The molecule has 1 fully saturated rings. The molecule has 1 saturated carbocycles.